The van der Waals surface area contributed by atoms with Crippen LogP contribution in [-0.2, 0) is 16.0 Å². The first kappa shape index (κ1) is 19.6. The van der Waals surface area contributed by atoms with Gasteiger partial charge in [-0.15, -0.1) is 0 Å². The number of carbonyl (C=O) groups excluding carboxylic acids is 2. The fourth-order valence-corrected chi connectivity index (χ4v) is 2.80. The molecule has 0 aliphatic heterocycles. The van der Waals surface area contributed by atoms with Crippen LogP contribution in [-0.4, -0.2) is 24.9 Å². The Labute approximate surface area is 154 Å². The summed E-state index contributed by atoms with van der Waals surface area (Å²) in [5.41, 5.74) is 3.46. The molecule has 0 spiro atoms. The second-order valence-electron chi connectivity index (χ2n) is 6.40. The molecule has 0 atom stereocenters. The minimum absolute atomic E-state index is 0.0992. The molecule has 4 nitrogen and oxygen atoms in total. The van der Waals surface area contributed by atoms with E-state index in [0.29, 0.717) is 25.1 Å². The SMILES string of the molecule is CC(=O)N(CCC(=O)NCCc1ccccc1F)c1cc(C)ccc1C. The number of amides is 2. The van der Waals surface area contributed by atoms with E-state index < -0.39 is 0 Å². The van der Waals surface area contributed by atoms with Crippen molar-refractivity contribution in [3.63, 3.8) is 0 Å². The van der Waals surface area contributed by atoms with E-state index in [1.54, 1.807) is 23.1 Å². The van der Waals surface area contributed by atoms with Crippen LogP contribution in [0.5, 0.6) is 0 Å². The van der Waals surface area contributed by atoms with Crippen molar-refractivity contribution in [1.29, 1.82) is 0 Å². The molecule has 2 aromatic rings. The Bertz CT molecular complexity index is 789. The van der Waals surface area contributed by atoms with E-state index in [0.717, 1.165) is 16.8 Å². The van der Waals surface area contributed by atoms with Gasteiger partial charge in [-0.05, 0) is 49.1 Å². The van der Waals surface area contributed by atoms with E-state index in [4.69, 9.17) is 0 Å². The Hall–Kier alpha value is -2.69. The minimum Gasteiger partial charge on any atom is -0.356 e. The van der Waals surface area contributed by atoms with Crippen molar-refractivity contribution in [2.24, 2.45) is 0 Å². The van der Waals surface area contributed by atoms with E-state index in [9.17, 15) is 14.0 Å². The monoisotopic (exact) mass is 356 g/mol. The van der Waals surface area contributed by atoms with Crippen molar-refractivity contribution in [2.75, 3.05) is 18.0 Å². The van der Waals surface area contributed by atoms with Crippen molar-refractivity contribution in [2.45, 2.75) is 33.6 Å². The van der Waals surface area contributed by atoms with Gasteiger partial charge in [0, 0.05) is 32.1 Å². The number of hydrogen-bond acceptors (Lipinski definition) is 2. The third kappa shape index (κ3) is 5.41. The zero-order valence-electron chi connectivity index (χ0n) is 15.5. The van der Waals surface area contributed by atoms with Crippen LogP contribution in [0, 0.1) is 19.7 Å². The maximum Gasteiger partial charge on any atom is 0.223 e. The van der Waals surface area contributed by atoms with Crippen LogP contribution < -0.4 is 10.2 Å². The van der Waals surface area contributed by atoms with Crippen LogP contribution in [0.25, 0.3) is 0 Å². The van der Waals surface area contributed by atoms with Gasteiger partial charge in [-0.25, -0.2) is 4.39 Å². The molecule has 0 radical (unpaired) electrons. The van der Waals surface area contributed by atoms with E-state index in [2.05, 4.69) is 5.32 Å². The van der Waals surface area contributed by atoms with Crippen LogP contribution in [0.1, 0.15) is 30.0 Å². The van der Waals surface area contributed by atoms with E-state index in [1.165, 1.54) is 13.0 Å². The highest BCUT2D eigenvalue weighted by Gasteiger charge is 2.15. The molecular weight excluding hydrogens is 331 g/mol. The lowest BCUT2D eigenvalue weighted by Gasteiger charge is -2.23. The average Bonchev–Trinajstić information content (AvgIpc) is 2.59. The van der Waals surface area contributed by atoms with E-state index in [-0.39, 0.29) is 24.1 Å². The van der Waals surface area contributed by atoms with Crippen molar-refractivity contribution in [3.8, 4) is 0 Å². The molecule has 0 aliphatic carbocycles. The summed E-state index contributed by atoms with van der Waals surface area (Å²) in [5.74, 6) is -0.518. The largest absolute Gasteiger partial charge is 0.356 e. The van der Waals surface area contributed by atoms with E-state index >= 15 is 0 Å². The molecule has 0 unspecified atom stereocenters. The normalized spacial score (nSPS) is 10.5. The summed E-state index contributed by atoms with van der Waals surface area (Å²) >= 11 is 0. The van der Waals surface area contributed by atoms with Crippen LogP contribution in [0.15, 0.2) is 42.5 Å². The predicted octanol–water partition coefficient (Wildman–Crippen LogP) is 3.54. The average molecular weight is 356 g/mol. The highest BCUT2D eigenvalue weighted by atomic mass is 19.1. The molecule has 5 heteroatoms. The second-order valence-corrected chi connectivity index (χ2v) is 6.40. The van der Waals surface area contributed by atoms with Crippen molar-refractivity contribution in [3.05, 3.63) is 65.0 Å². The first-order valence-electron chi connectivity index (χ1n) is 8.74. The molecule has 0 aromatic heterocycles. The molecule has 2 aromatic carbocycles. The molecule has 0 saturated carbocycles. The lowest BCUT2D eigenvalue weighted by Crippen LogP contribution is -2.34. The van der Waals surface area contributed by atoms with Crippen LogP contribution >= 0.6 is 0 Å². The molecule has 1 N–H and O–H groups in total. The Kier molecular flexibility index (Phi) is 6.89. The van der Waals surface area contributed by atoms with Crippen molar-refractivity contribution in [1.82, 2.24) is 5.32 Å². The first-order chi connectivity index (χ1) is 12.4. The highest BCUT2D eigenvalue weighted by molar-refractivity contribution is 5.93. The third-order valence-corrected chi connectivity index (χ3v) is 4.27. The van der Waals surface area contributed by atoms with Gasteiger partial charge in [-0.3, -0.25) is 9.59 Å². The molecule has 26 heavy (non-hydrogen) atoms. The standard InChI is InChI=1S/C21H25FN2O2/c1-15-8-9-16(2)20(14-15)24(17(3)25)13-11-21(26)23-12-10-18-6-4-5-7-19(18)22/h4-9,14H,10-13H2,1-3H3,(H,23,26). The van der Waals surface area contributed by atoms with Crippen LogP contribution in [0.2, 0.25) is 0 Å². The van der Waals surface area contributed by atoms with Gasteiger partial charge in [0.05, 0.1) is 0 Å². The van der Waals surface area contributed by atoms with E-state index in [1.807, 2.05) is 32.0 Å². The molecule has 2 amide bonds. The van der Waals surface area contributed by atoms with Gasteiger partial charge in [0.1, 0.15) is 5.82 Å². The van der Waals surface area contributed by atoms with Crippen molar-refractivity contribution >= 4 is 17.5 Å². The summed E-state index contributed by atoms with van der Waals surface area (Å²) in [5, 5.41) is 2.79. The fourth-order valence-electron chi connectivity index (χ4n) is 2.80. The number of hydrogen-bond donors (Lipinski definition) is 1. The first-order valence-corrected chi connectivity index (χ1v) is 8.74. The highest BCUT2D eigenvalue weighted by Crippen LogP contribution is 2.22. The summed E-state index contributed by atoms with van der Waals surface area (Å²) < 4.78 is 13.6. The molecule has 0 saturated heterocycles. The maximum atomic E-state index is 13.6. The number of carbonyl (C=O) groups is 2. The number of anilines is 1. The maximum absolute atomic E-state index is 13.6. The molecule has 0 bridgehead atoms. The number of nitrogens with zero attached hydrogens (tertiary/aromatic N) is 1. The van der Waals surface area contributed by atoms with Crippen LogP contribution in [0.4, 0.5) is 10.1 Å². The number of rotatable bonds is 7. The van der Waals surface area contributed by atoms with Gasteiger partial charge in [0.25, 0.3) is 0 Å². The molecule has 0 fully saturated rings. The Morgan fingerprint density at radius 2 is 1.85 bits per heavy atom. The second kappa shape index (κ2) is 9.13. The summed E-state index contributed by atoms with van der Waals surface area (Å²) in [4.78, 5) is 25.7. The van der Waals surface area contributed by atoms with Gasteiger partial charge in [0.15, 0.2) is 0 Å². The zero-order chi connectivity index (χ0) is 19.1. The minimum atomic E-state index is -0.264. The Morgan fingerprint density at radius 3 is 2.54 bits per heavy atom. The van der Waals surface area contributed by atoms with Gasteiger partial charge in [-0.1, -0.05) is 30.3 Å². The smallest absolute Gasteiger partial charge is 0.223 e. The van der Waals surface area contributed by atoms with Gasteiger partial charge >= 0.3 is 0 Å². The van der Waals surface area contributed by atoms with Gasteiger partial charge < -0.3 is 10.2 Å². The van der Waals surface area contributed by atoms with Gasteiger partial charge in [-0.2, -0.15) is 0 Å². The number of aryl methyl sites for hydroxylation is 2. The quantitative estimate of drug-likeness (QED) is 0.825. The summed E-state index contributed by atoms with van der Waals surface area (Å²) in [7, 11) is 0. The number of nitrogens with one attached hydrogen (secondary N) is 1. The lowest BCUT2D eigenvalue weighted by molar-refractivity contribution is -0.121. The summed E-state index contributed by atoms with van der Waals surface area (Å²) in [6, 6.07) is 12.4. The molecular formula is C21H25FN2O2. The summed E-state index contributed by atoms with van der Waals surface area (Å²) in [6.45, 7) is 6.09. The molecule has 138 valence electrons. The lowest BCUT2D eigenvalue weighted by atomic mass is 10.1. The zero-order valence-corrected chi connectivity index (χ0v) is 15.5. The molecule has 0 heterocycles. The van der Waals surface area contributed by atoms with Gasteiger partial charge in [0.2, 0.25) is 11.8 Å². The molecule has 2 rings (SSSR count). The van der Waals surface area contributed by atoms with Crippen LogP contribution in [0.3, 0.4) is 0 Å². The molecule has 0 aliphatic rings. The predicted molar refractivity (Wildman–Crippen MR) is 102 cm³/mol. The number of benzene rings is 2. The summed E-state index contributed by atoms with van der Waals surface area (Å²) in [6.07, 6.45) is 0.635. The number of halogens is 1. The third-order valence-electron chi connectivity index (χ3n) is 4.27. The van der Waals surface area contributed by atoms with Crippen molar-refractivity contribution < 1.29 is 14.0 Å². The topological polar surface area (TPSA) is 49.4 Å². The Balaban J connectivity index is 1.88. The Morgan fingerprint density at radius 1 is 1.12 bits per heavy atom. The fraction of sp³-hybridized carbons (Fsp3) is 0.333.